The molecular weight excluding hydrogens is 240 g/mol. The quantitative estimate of drug-likeness (QED) is 0.613. The predicted molar refractivity (Wildman–Crippen MR) is 65.6 cm³/mol. The molecule has 2 aromatic heterocycles. The van der Waals surface area contributed by atoms with Crippen molar-refractivity contribution in [1.82, 2.24) is 25.1 Å². The number of imidazole rings is 1. The van der Waals surface area contributed by atoms with E-state index < -0.39 is 0 Å². The van der Waals surface area contributed by atoms with E-state index in [0.29, 0.717) is 16.7 Å². The van der Waals surface area contributed by atoms with Crippen molar-refractivity contribution in [2.24, 2.45) is 0 Å². The van der Waals surface area contributed by atoms with Crippen LogP contribution in [0.3, 0.4) is 0 Å². The van der Waals surface area contributed by atoms with Crippen molar-refractivity contribution in [3.63, 3.8) is 0 Å². The van der Waals surface area contributed by atoms with Crippen molar-refractivity contribution in [2.75, 3.05) is 5.73 Å². The molecule has 17 heavy (non-hydrogen) atoms. The summed E-state index contributed by atoms with van der Waals surface area (Å²) in [4.78, 5) is 11.6. The molecule has 0 unspecified atom stereocenters. The van der Waals surface area contributed by atoms with Crippen LogP contribution in [0, 0.1) is 6.92 Å². The summed E-state index contributed by atoms with van der Waals surface area (Å²) in [5.41, 5.74) is 8.10. The highest BCUT2D eigenvalue weighted by atomic mass is 35.5. The van der Waals surface area contributed by atoms with Gasteiger partial charge in [-0.05, 0) is 24.6 Å². The van der Waals surface area contributed by atoms with Gasteiger partial charge in [0.2, 0.25) is 5.95 Å². The van der Waals surface area contributed by atoms with Crippen molar-refractivity contribution in [3.05, 3.63) is 22.7 Å². The van der Waals surface area contributed by atoms with Crippen LogP contribution in [0.5, 0.6) is 0 Å². The first-order valence-electron chi connectivity index (χ1n) is 4.98. The summed E-state index contributed by atoms with van der Waals surface area (Å²) >= 11 is 6.04. The number of anilines is 1. The molecule has 0 fully saturated rings. The second kappa shape index (κ2) is 3.46. The van der Waals surface area contributed by atoms with E-state index in [1.165, 1.54) is 0 Å². The topological polar surface area (TPSA) is 96.3 Å². The fourth-order valence-corrected chi connectivity index (χ4v) is 1.83. The van der Waals surface area contributed by atoms with E-state index in [9.17, 15) is 0 Å². The normalized spacial score (nSPS) is 11.2. The van der Waals surface area contributed by atoms with E-state index >= 15 is 0 Å². The number of rotatable bonds is 1. The van der Waals surface area contributed by atoms with Gasteiger partial charge in [0.25, 0.3) is 0 Å². The molecular formula is C10H9ClN6. The summed E-state index contributed by atoms with van der Waals surface area (Å²) in [5, 5.41) is 7.15. The van der Waals surface area contributed by atoms with Crippen LogP contribution >= 0.6 is 11.6 Å². The molecule has 3 rings (SSSR count). The van der Waals surface area contributed by atoms with Gasteiger partial charge >= 0.3 is 0 Å². The van der Waals surface area contributed by atoms with Gasteiger partial charge in [0.05, 0.1) is 11.0 Å². The van der Waals surface area contributed by atoms with Gasteiger partial charge < -0.3 is 10.7 Å². The lowest BCUT2D eigenvalue weighted by Crippen LogP contribution is -1.86. The molecule has 6 nitrogen and oxygen atoms in total. The lowest BCUT2D eigenvalue weighted by atomic mass is 10.2. The third kappa shape index (κ3) is 1.53. The average molecular weight is 249 g/mol. The van der Waals surface area contributed by atoms with Crippen molar-refractivity contribution in [3.8, 4) is 11.6 Å². The van der Waals surface area contributed by atoms with Gasteiger partial charge in [-0.3, -0.25) is 5.10 Å². The third-order valence-electron chi connectivity index (χ3n) is 2.57. The maximum Gasteiger partial charge on any atom is 0.239 e. The van der Waals surface area contributed by atoms with Crippen molar-refractivity contribution < 1.29 is 0 Å². The Hall–Kier alpha value is -2.08. The van der Waals surface area contributed by atoms with E-state index in [4.69, 9.17) is 17.3 Å². The second-order valence-electron chi connectivity index (χ2n) is 3.70. The molecule has 0 aliphatic carbocycles. The Morgan fingerprint density at radius 3 is 2.76 bits per heavy atom. The first-order chi connectivity index (χ1) is 8.15. The lowest BCUT2D eigenvalue weighted by molar-refractivity contribution is 1.09. The first-order valence-corrected chi connectivity index (χ1v) is 5.36. The summed E-state index contributed by atoms with van der Waals surface area (Å²) in [6, 6.07) is 3.71. The number of nitrogens with two attached hydrogens (primary N) is 1. The van der Waals surface area contributed by atoms with Gasteiger partial charge in [0.1, 0.15) is 0 Å². The number of nitrogens with one attached hydrogen (secondary N) is 2. The highest BCUT2D eigenvalue weighted by Crippen LogP contribution is 2.25. The number of nitrogen functional groups attached to an aromatic ring is 1. The largest absolute Gasteiger partial charge is 0.366 e. The number of H-pyrrole nitrogens is 2. The molecule has 0 atom stereocenters. The Kier molecular flexibility index (Phi) is 2.05. The van der Waals surface area contributed by atoms with E-state index in [1.807, 2.05) is 19.1 Å². The van der Waals surface area contributed by atoms with Crippen LogP contribution in [0.1, 0.15) is 5.56 Å². The Morgan fingerprint density at radius 1 is 1.24 bits per heavy atom. The molecule has 0 saturated heterocycles. The standard InChI is InChI=1S/C10H9ClN6/c1-4-5(11)2-3-6-7(4)14-8(13-6)9-15-10(12)17-16-9/h2-3H,1H3,(H,13,14)(H3,12,15,16,17). The van der Waals surface area contributed by atoms with Crippen LogP contribution in [0.2, 0.25) is 5.02 Å². The summed E-state index contributed by atoms with van der Waals surface area (Å²) in [6.45, 7) is 1.92. The van der Waals surface area contributed by atoms with Gasteiger partial charge in [-0.2, -0.15) is 4.98 Å². The zero-order valence-corrected chi connectivity index (χ0v) is 9.71. The Bertz CT molecular complexity index is 698. The molecule has 1 aromatic carbocycles. The van der Waals surface area contributed by atoms with Crippen LogP contribution in [-0.2, 0) is 0 Å². The zero-order valence-electron chi connectivity index (χ0n) is 8.95. The molecule has 0 radical (unpaired) electrons. The van der Waals surface area contributed by atoms with Gasteiger partial charge in [0, 0.05) is 5.02 Å². The summed E-state index contributed by atoms with van der Waals surface area (Å²) < 4.78 is 0. The number of aromatic amines is 2. The second-order valence-corrected chi connectivity index (χ2v) is 4.10. The van der Waals surface area contributed by atoms with Gasteiger partial charge in [-0.15, -0.1) is 5.10 Å². The lowest BCUT2D eigenvalue weighted by Gasteiger charge is -1.95. The van der Waals surface area contributed by atoms with E-state index in [0.717, 1.165) is 16.6 Å². The third-order valence-corrected chi connectivity index (χ3v) is 2.98. The number of hydrogen-bond donors (Lipinski definition) is 3. The number of hydrogen-bond acceptors (Lipinski definition) is 4. The molecule has 0 spiro atoms. The van der Waals surface area contributed by atoms with Gasteiger partial charge in [-0.25, -0.2) is 4.98 Å². The Labute approximate surface area is 101 Å². The number of fused-ring (bicyclic) bond motifs is 1. The minimum atomic E-state index is 0.190. The highest BCUT2D eigenvalue weighted by Gasteiger charge is 2.11. The molecule has 4 N–H and O–H groups in total. The highest BCUT2D eigenvalue weighted by molar-refractivity contribution is 6.32. The van der Waals surface area contributed by atoms with Crippen LogP contribution in [0.25, 0.3) is 22.7 Å². The molecule has 0 aliphatic rings. The van der Waals surface area contributed by atoms with E-state index in [1.54, 1.807) is 0 Å². The number of aryl methyl sites for hydroxylation is 1. The Morgan fingerprint density at radius 2 is 2.06 bits per heavy atom. The Balaban J connectivity index is 2.23. The number of aromatic nitrogens is 5. The molecule has 2 heterocycles. The minimum Gasteiger partial charge on any atom is -0.366 e. The van der Waals surface area contributed by atoms with Crippen LogP contribution in [0.4, 0.5) is 5.95 Å². The molecule has 0 aliphatic heterocycles. The van der Waals surface area contributed by atoms with Crippen molar-refractivity contribution >= 4 is 28.6 Å². The number of nitrogens with zero attached hydrogens (tertiary/aromatic N) is 3. The molecule has 0 amide bonds. The average Bonchev–Trinajstić information content (AvgIpc) is 2.90. The fourth-order valence-electron chi connectivity index (χ4n) is 1.68. The van der Waals surface area contributed by atoms with Crippen LogP contribution < -0.4 is 5.73 Å². The first kappa shape index (κ1) is 10.1. The van der Waals surface area contributed by atoms with Gasteiger partial charge in [0.15, 0.2) is 11.6 Å². The fraction of sp³-hybridized carbons (Fsp3) is 0.100. The summed E-state index contributed by atoms with van der Waals surface area (Å²) in [5.74, 6) is 1.29. The van der Waals surface area contributed by atoms with E-state index in [2.05, 4.69) is 25.1 Å². The molecule has 0 bridgehead atoms. The van der Waals surface area contributed by atoms with Crippen molar-refractivity contribution in [1.29, 1.82) is 0 Å². The van der Waals surface area contributed by atoms with Crippen LogP contribution in [0.15, 0.2) is 12.1 Å². The van der Waals surface area contributed by atoms with Gasteiger partial charge in [-0.1, -0.05) is 11.6 Å². The monoisotopic (exact) mass is 248 g/mol. The molecule has 7 heteroatoms. The smallest absolute Gasteiger partial charge is 0.239 e. The van der Waals surface area contributed by atoms with Crippen LogP contribution in [-0.4, -0.2) is 25.1 Å². The molecule has 3 aromatic rings. The summed E-state index contributed by atoms with van der Waals surface area (Å²) in [7, 11) is 0. The molecule has 86 valence electrons. The predicted octanol–water partition coefficient (Wildman–Crippen LogP) is 1.89. The SMILES string of the molecule is Cc1c(Cl)ccc2[nH]c(-c3nc(N)n[nH]3)nc12. The number of benzene rings is 1. The number of halogens is 1. The zero-order chi connectivity index (χ0) is 12.0. The minimum absolute atomic E-state index is 0.190. The van der Waals surface area contributed by atoms with E-state index in [-0.39, 0.29) is 5.95 Å². The maximum atomic E-state index is 6.04. The molecule has 0 saturated carbocycles. The summed E-state index contributed by atoms with van der Waals surface area (Å²) in [6.07, 6.45) is 0. The maximum absolute atomic E-state index is 6.04. The van der Waals surface area contributed by atoms with Crippen molar-refractivity contribution in [2.45, 2.75) is 6.92 Å².